The van der Waals surface area contributed by atoms with Crippen LogP contribution < -0.4 is 10.1 Å². The van der Waals surface area contributed by atoms with Crippen LogP contribution in [0.3, 0.4) is 0 Å². The van der Waals surface area contributed by atoms with Crippen molar-refractivity contribution in [2.45, 2.75) is 38.4 Å². The van der Waals surface area contributed by atoms with E-state index in [4.69, 9.17) is 4.74 Å². The van der Waals surface area contributed by atoms with Crippen molar-refractivity contribution in [2.24, 2.45) is 0 Å². The summed E-state index contributed by atoms with van der Waals surface area (Å²) in [5, 5.41) is 2.45. The third-order valence-electron chi connectivity index (χ3n) is 4.22. The van der Waals surface area contributed by atoms with Gasteiger partial charge in [-0.3, -0.25) is 0 Å². The number of carbonyl (C=O) groups is 1. The Morgan fingerprint density at radius 3 is 2.75 bits per heavy atom. The van der Waals surface area contributed by atoms with Gasteiger partial charge in [-0.2, -0.15) is 8.78 Å². The molecule has 0 aromatic heterocycles. The van der Waals surface area contributed by atoms with Crippen LogP contribution in [0.25, 0.3) is 0 Å². The standard InChI is InChI=1S/C16H21F3N2O3/c1-16(23-2)6-3-8-21(9-7-16)15(22)20-12-10-11(17)4-5-13(12)24-14(18)19/h4-5,10,14H,3,6-9H2,1-2H3,(H,20,22). The fourth-order valence-corrected chi connectivity index (χ4v) is 2.65. The third kappa shape index (κ3) is 4.77. The van der Waals surface area contributed by atoms with Crippen LogP contribution >= 0.6 is 0 Å². The molecule has 0 bridgehead atoms. The lowest BCUT2D eigenvalue weighted by molar-refractivity contribution is -0.0494. The molecular weight excluding hydrogens is 325 g/mol. The number of nitrogens with zero attached hydrogens (tertiary/aromatic N) is 1. The summed E-state index contributed by atoms with van der Waals surface area (Å²) in [5.41, 5.74) is -0.420. The van der Waals surface area contributed by atoms with Crippen molar-refractivity contribution in [1.82, 2.24) is 4.90 Å². The minimum absolute atomic E-state index is 0.126. The highest BCUT2D eigenvalue weighted by Crippen LogP contribution is 2.29. The monoisotopic (exact) mass is 346 g/mol. The lowest BCUT2D eigenvalue weighted by Crippen LogP contribution is -2.37. The number of hydrogen-bond acceptors (Lipinski definition) is 3. The van der Waals surface area contributed by atoms with E-state index in [-0.39, 0.29) is 17.0 Å². The first-order chi connectivity index (χ1) is 11.3. The number of carbonyl (C=O) groups excluding carboxylic acids is 1. The molecule has 1 atom stereocenters. The summed E-state index contributed by atoms with van der Waals surface area (Å²) < 4.78 is 48.0. The topological polar surface area (TPSA) is 50.8 Å². The molecule has 1 unspecified atom stereocenters. The molecule has 0 aliphatic carbocycles. The molecule has 1 aliphatic heterocycles. The molecule has 1 N–H and O–H groups in total. The molecule has 24 heavy (non-hydrogen) atoms. The Morgan fingerprint density at radius 2 is 2.08 bits per heavy atom. The minimum Gasteiger partial charge on any atom is -0.433 e. The van der Waals surface area contributed by atoms with Gasteiger partial charge < -0.3 is 19.7 Å². The molecule has 2 rings (SSSR count). The lowest BCUT2D eigenvalue weighted by Gasteiger charge is -2.26. The Hall–Kier alpha value is -1.96. The van der Waals surface area contributed by atoms with E-state index in [1.54, 1.807) is 12.0 Å². The van der Waals surface area contributed by atoms with Gasteiger partial charge in [-0.25, -0.2) is 9.18 Å². The summed E-state index contributed by atoms with van der Waals surface area (Å²) in [4.78, 5) is 13.9. The van der Waals surface area contributed by atoms with Gasteiger partial charge in [0.25, 0.3) is 0 Å². The van der Waals surface area contributed by atoms with E-state index in [1.807, 2.05) is 6.92 Å². The zero-order valence-corrected chi connectivity index (χ0v) is 13.7. The second kappa shape index (κ2) is 7.74. The fourth-order valence-electron chi connectivity index (χ4n) is 2.65. The van der Waals surface area contributed by atoms with Crippen molar-refractivity contribution in [3.05, 3.63) is 24.0 Å². The van der Waals surface area contributed by atoms with Crippen molar-refractivity contribution >= 4 is 11.7 Å². The van der Waals surface area contributed by atoms with E-state index in [2.05, 4.69) is 10.1 Å². The van der Waals surface area contributed by atoms with E-state index >= 15 is 0 Å². The predicted octanol–water partition coefficient (Wildman–Crippen LogP) is 3.85. The Labute approximate surface area is 138 Å². The van der Waals surface area contributed by atoms with Crippen LogP contribution in [0.5, 0.6) is 5.75 Å². The highest BCUT2D eigenvalue weighted by Gasteiger charge is 2.29. The molecular formula is C16H21F3N2O3. The summed E-state index contributed by atoms with van der Waals surface area (Å²) >= 11 is 0. The highest BCUT2D eigenvalue weighted by atomic mass is 19.3. The Kier molecular flexibility index (Phi) is 5.93. The number of rotatable bonds is 4. The van der Waals surface area contributed by atoms with Crippen molar-refractivity contribution in [3.8, 4) is 5.75 Å². The van der Waals surface area contributed by atoms with Crippen LogP contribution in [0.15, 0.2) is 18.2 Å². The number of amides is 2. The largest absolute Gasteiger partial charge is 0.433 e. The summed E-state index contributed by atoms with van der Waals surface area (Å²) in [6.07, 6.45) is 2.22. The fraction of sp³-hybridized carbons (Fsp3) is 0.562. The van der Waals surface area contributed by atoms with Crippen LogP contribution in [0.2, 0.25) is 0 Å². The van der Waals surface area contributed by atoms with Gasteiger partial charge in [0.15, 0.2) is 0 Å². The average molecular weight is 346 g/mol. The smallest absolute Gasteiger partial charge is 0.387 e. The number of likely N-dealkylation sites (tertiary alicyclic amines) is 1. The Bertz CT molecular complexity index is 586. The minimum atomic E-state index is -3.06. The van der Waals surface area contributed by atoms with E-state index in [9.17, 15) is 18.0 Å². The first kappa shape index (κ1) is 18.4. The van der Waals surface area contributed by atoms with E-state index in [0.717, 1.165) is 31.0 Å². The molecule has 1 heterocycles. The number of halogens is 3. The zero-order valence-electron chi connectivity index (χ0n) is 13.7. The molecule has 1 aromatic rings. The number of alkyl halides is 2. The molecule has 5 nitrogen and oxygen atoms in total. The molecule has 134 valence electrons. The van der Waals surface area contributed by atoms with Gasteiger partial charge in [0, 0.05) is 26.3 Å². The quantitative estimate of drug-likeness (QED) is 0.901. The van der Waals surface area contributed by atoms with Crippen molar-refractivity contribution < 1.29 is 27.4 Å². The van der Waals surface area contributed by atoms with Crippen molar-refractivity contribution in [2.75, 3.05) is 25.5 Å². The Morgan fingerprint density at radius 1 is 1.33 bits per heavy atom. The summed E-state index contributed by atoms with van der Waals surface area (Å²) in [6, 6.07) is 2.51. The summed E-state index contributed by atoms with van der Waals surface area (Å²) in [5.74, 6) is -0.939. The molecule has 2 amide bonds. The van der Waals surface area contributed by atoms with Crippen LogP contribution in [-0.2, 0) is 4.74 Å². The van der Waals surface area contributed by atoms with Crippen LogP contribution in [0, 0.1) is 5.82 Å². The summed E-state index contributed by atoms with van der Waals surface area (Å²) in [6.45, 7) is -0.122. The number of hydrogen-bond donors (Lipinski definition) is 1. The maximum atomic E-state index is 13.4. The van der Waals surface area contributed by atoms with Crippen molar-refractivity contribution in [3.63, 3.8) is 0 Å². The van der Waals surface area contributed by atoms with Gasteiger partial charge in [-0.15, -0.1) is 0 Å². The van der Waals surface area contributed by atoms with E-state index in [1.165, 1.54) is 0 Å². The number of ether oxygens (including phenoxy) is 2. The number of urea groups is 1. The normalized spacial score (nSPS) is 21.5. The maximum absolute atomic E-state index is 13.4. The molecule has 0 radical (unpaired) electrons. The average Bonchev–Trinajstić information content (AvgIpc) is 2.72. The Balaban J connectivity index is 2.08. The van der Waals surface area contributed by atoms with Crippen LogP contribution in [0.1, 0.15) is 26.2 Å². The van der Waals surface area contributed by atoms with Gasteiger partial charge in [0.2, 0.25) is 0 Å². The van der Waals surface area contributed by atoms with E-state index < -0.39 is 18.5 Å². The molecule has 0 spiro atoms. The molecule has 1 aromatic carbocycles. The predicted molar refractivity (Wildman–Crippen MR) is 82.9 cm³/mol. The number of nitrogens with one attached hydrogen (secondary N) is 1. The molecule has 1 fully saturated rings. The van der Waals surface area contributed by atoms with Crippen molar-refractivity contribution in [1.29, 1.82) is 0 Å². The second-order valence-electron chi connectivity index (χ2n) is 5.94. The van der Waals surface area contributed by atoms with E-state index in [0.29, 0.717) is 19.5 Å². The molecule has 1 saturated heterocycles. The SMILES string of the molecule is COC1(C)CCCN(C(=O)Nc2cc(F)ccc2OC(F)F)CC1. The van der Waals surface area contributed by atoms with Gasteiger partial charge in [0.05, 0.1) is 11.3 Å². The third-order valence-corrected chi connectivity index (χ3v) is 4.22. The summed E-state index contributed by atoms with van der Waals surface area (Å²) in [7, 11) is 1.64. The van der Waals surface area contributed by atoms with Crippen LogP contribution in [-0.4, -0.2) is 43.3 Å². The lowest BCUT2D eigenvalue weighted by atomic mass is 9.97. The first-order valence-electron chi connectivity index (χ1n) is 7.68. The highest BCUT2D eigenvalue weighted by molar-refractivity contribution is 5.91. The van der Waals surface area contributed by atoms with Gasteiger partial charge >= 0.3 is 12.6 Å². The van der Waals surface area contributed by atoms with Gasteiger partial charge in [-0.05, 0) is 38.3 Å². The van der Waals surface area contributed by atoms with Gasteiger partial charge in [0.1, 0.15) is 11.6 Å². The second-order valence-corrected chi connectivity index (χ2v) is 5.94. The number of benzene rings is 1. The maximum Gasteiger partial charge on any atom is 0.387 e. The number of anilines is 1. The molecule has 8 heteroatoms. The number of methoxy groups -OCH3 is 1. The molecule has 0 saturated carbocycles. The zero-order chi connectivity index (χ0) is 17.7. The first-order valence-corrected chi connectivity index (χ1v) is 7.68. The molecule has 1 aliphatic rings. The van der Waals surface area contributed by atoms with Gasteiger partial charge in [-0.1, -0.05) is 0 Å². The van der Waals surface area contributed by atoms with Crippen LogP contribution in [0.4, 0.5) is 23.7 Å².